The van der Waals surface area contributed by atoms with Gasteiger partial charge in [-0.25, -0.2) is 13.8 Å². The standard InChI is InChI=1S/C21H20F2N4O3/c1-2-27(17-9-29-6-10-3-11(22)4-14(23)18(10)17)21(28)16-5-15-19(25-16)12-7-30-8-13(12)20(24)26-15/h3-5,17,25H,2,6-9H2,1H3,(H2,24,26)/t17-/m0/s1. The Morgan fingerprint density at radius 3 is 2.83 bits per heavy atom. The van der Waals surface area contributed by atoms with Crippen LogP contribution in [0, 0.1) is 11.6 Å². The molecule has 0 saturated carbocycles. The molecule has 0 unspecified atom stereocenters. The fraction of sp³-hybridized carbons (Fsp3) is 0.333. The molecule has 0 spiro atoms. The number of aromatic amines is 1. The van der Waals surface area contributed by atoms with Crippen molar-refractivity contribution < 1.29 is 23.0 Å². The molecule has 2 aromatic heterocycles. The second-order valence-corrected chi connectivity index (χ2v) is 7.47. The van der Waals surface area contributed by atoms with E-state index in [2.05, 4.69) is 9.97 Å². The Kier molecular flexibility index (Phi) is 4.44. The van der Waals surface area contributed by atoms with Gasteiger partial charge in [0, 0.05) is 29.3 Å². The number of likely N-dealkylation sites (N-methyl/N-ethyl adjacent to an activating group) is 1. The second kappa shape index (κ2) is 7.03. The minimum absolute atomic E-state index is 0.105. The molecule has 0 aliphatic carbocycles. The number of rotatable bonds is 3. The van der Waals surface area contributed by atoms with Gasteiger partial charge in [-0.2, -0.15) is 0 Å². The molecular weight excluding hydrogens is 394 g/mol. The van der Waals surface area contributed by atoms with E-state index in [1.54, 1.807) is 13.0 Å². The molecule has 0 radical (unpaired) electrons. The van der Waals surface area contributed by atoms with Crippen LogP contribution in [0.3, 0.4) is 0 Å². The van der Waals surface area contributed by atoms with Crippen LogP contribution in [-0.4, -0.2) is 33.9 Å². The lowest BCUT2D eigenvalue weighted by Gasteiger charge is -2.35. The fourth-order valence-electron chi connectivity index (χ4n) is 4.36. The van der Waals surface area contributed by atoms with Crippen molar-refractivity contribution in [1.29, 1.82) is 0 Å². The van der Waals surface area contributed by atoms with Gasteiger partial charge >= 0.3 is 0 Å². The molecule has 3 N–H and O–H groups in total. The average Bonchev–Trinajstić information content (AvgIpc) is 3.35. The van der Waals surface area contributed by atoms with Gasteiger partial charge in [0.15, 0.2) is 0 Å². The van der Waals surface area contributed by atoms with Gasteiger partial charge in [-0.05, 0) is 24.6 Å². The number of hydrogen-bond acceptors (Lipinski definition) is 5. The summed E-state index contributed by atoms with van der Waals surface area (Å²) < 4.78 is 39.3. The molecule has 1 atom stereocenters. The van der Waals surface area contributed by atoms with Crippen LogP contribution in [0.15, 0.2) is 18.2 Å². The first-order valence-electron chi connectivity index (χ1n) is 9.72. The van der Waals surface area contributed by atoms with E-state index in [4.69, 9.17) is 15.2 Å². The lowest BCUT2D eigenvalue weighted by atomic mass is 9.96. The zero-order chi connectivity index (χ0) is 21.0. The molecule has 2 aliphatic heterocycles. The van der Waals surface area contributed by atoms with Gasteiger partial charge in [-0.15, -0.1) is 0 Å². The normalized spacial score (nSPS) is 17.8. The van der Waals surface area contributed by atoms with Crippen LogP contribution in [0.25, 0.3) is 11.0 Å². The number of halogens is 2. The maximum atomic E-state index is 14.6. The van der Waals surface area contributed by atoms with E-state index in [9.17, 15) is 13.6 Å². The SMILES string of the molecule is CCN(C(=O)c1cc2nc(N)c3c(c2[nH]1)COC3)[C@H]1COCc2cc(F)cc(F)c21. The summed E-state index contributed by atoms with van der Waals surface area (Å²) in [5.74, 6) is -1.28. The molecule has 9 heteroatoms. The van der Waals surface area contributed by atoms with Gasteiger partial charge in [0.05, 0.1) is 43.5 Å². The number of carbonyl (C=O) groups is 1. The molecular formula is C21H20F2N4O3. The van der Waals surface area contributed by atoms with Crippen molar-refractivity contribution in [1.82, 2.24) is 14.9 Å². The average molecular weight is 414 g/mol. The molecule has 156 valence electrons. The zero-order valence-corrected chi connectivity index (χ0v) is 16.3. The van der Waals surface area contributed by atoms with Crippen molar-refractivity contribution in [2.75, 3.05) is 18.9 Å². The van der Waals surface area contributed by atoms with E-state index in [1.807, 2.05) is 0 Å². The van der Waals surface area contributed by atoms with Crippen LogP contribution >= 0.6 is 0 Å². The largest absolute Gasteiger partial charge is 0.383 e. The van der Waals surface area contributed by atoms with Crippen molar-refractivity contribution in [2.24, 2.45) is 0 Å². The number of aromatic nitrogens is 2. The highest BCUT2D eigenvalue weighted by molar-refractivity contribution is 5.98. The molecule has 4 heterocycles. The van der Waals surface area contributed by atoms with Crippen molar-refractivity contribution in [3.8, 4) is 0 Å². The van der Waals surface area contributed by atoms with Crippen molar-refractivity contribution >= 4 is 22.8 Å². The number of benzene rings is 1. The molecule has 3 aromatic rings. The summed E-state index contributed by atoms with van der Waals surface area (Å²) in [4.78, 5) is 22.4. The number of anilines is 1. The number of nitrogens with two attached hydrogens (primary N) is 1. The van der Waals surface area contributed by atoms with E-state index in [-0.39, 0.29) is 19.1 Å². The highest BCUT2D eigenvalue weighted by Gasteiger charge is 2.33. The Balaban J connectivity index is 1.55. The lowest BCUT2D eigenvalue weighted by molar-refractivity contribution is 0.0267. The summed E-state index contributed by atoms with van der Waals surface area (Å²) in [7, 11) is 0. The Labute approximate surface area is 170 Å². The van der Waals surface area contributed by atoms with Gasteiger partial charge in [0.25, 0.3) is 5.91 Å². The van der Waals surface area contributed by atoms with Crippen molar-refractivity contribution in [3.05, 3.63) is 57.8 Å². The lowest BCUT2D eigenvalue weighted by Crippen LogP contribution is -2.40. The number of carbonyl (C=O) groups excluding carboxylic acids is 1. The highest BCUT2D eigenvalue weighted by atomic mass is 19.1. The maximum Gasteiger partial charge on any atom is 0.270 e. The third kappa shape index (κ3) is 2.85. The molecule has 0 bridgehead atoms. The van der Waals surface area contributed by atoms with E-state index in [0.29, 0.717) is 53.4 Å². The Morgan fingerprint density at radius 1 is 1.23 bits per heavy atom. The molecule has 30 heavy (non-hydrogen) atoms. The monoisotopic (exact) mass is 414 g/mol. The first-order chi connectivity index (χ1) is 14.5. The molecule has 5 rings (SSSR count). The van der Waals surface area contributed by atoms with Gasteiger partial charge in [0.1, 0.15) is 23.1 Å². The quantitative estimate of drug-likeness (QED) is 0.687. The zero-order valence-electron chi connectivity index (χ0n) is 16.3. The minimum Gasteiger partial charge on any atom is -0.383 e. The van der Waals surface area contributed by atoms with Crippen molar-refractivity contribution in [3.63, 3.8) is 0 Å². The number of H-pyrrole nitrogens is 1. The van der Waals surface area contributed by atoms with Crippen LogP contribution in [0.2, 0.25) is 0 Å². The fourth-order valence-corrected chi connectivity index (χ4v) is 4.36. The van der Waals surface area contributed by atoms with Gasteiger partial charge < -0.3 is 25.1 Å². The third-order valence-corrected chi connectivity index (χ3v) is 5.76. The van der Waals surface area contributed by atoms with Crippen molar-refractivity contribution in [2.45, 2.75) is 32.8 Å². The molecule has 1 aromatic carbocycles. The van der Waals surface area contributed by atoms with Gasteiger partial charge in [-0.1, -0.05) is 0 Å². The molecule has 2 aliphatic rings. The minimum atomic E-state index is -0.675. The van der Waals surface area contributed by atoms with Crippen LogP contribution in [-0.2, 0) is 29.3 Å². The molecule has 0 saturated heterocycles. The summed E-state index contributed by atoms with van der Waals surface area (Å²) in [6.45, 7) is 3.13. The summed E-state index contributed by atoms with van der Waals surface area (Å²) in [5, 5.41) is 0. The number of amides is 1. The summed E-state index contributed by atoms with van der Waals surface area (Å²) in [6, 6.07) is 3.07. The number of nitrogen functional groups attached to an aromatic ring is 1. The van der Waals surface area contributed by atoms with Crippen LogP contribution in [0.4, 0.5) is 14.6 Å². The predicted octanol–water partition coefficient (Wildman–Crippen LogP) is 3.19. The van der Waals surface area contributed by atoms with E-state index in [0.717, 1.165) is 17.2 Å². The number of nitrogens with one attached hydrogen (secondary N) is 1. The van der Waals surface area contributed by atoms with E-state index >= 15 is 0 Å². The Morgan fingerprint density at radius 2 is 2.03 bits per heavy atom. The Hall–Kier alpha value is -3.04. The topological polar surface area (TPSA) is 93.5 Å². The molecule has 7 nitrogen and oxygen atoms in total. The number of pyridine rings is 1. The van der Waals surface area contributed by atoms with E-state index in [1.165, 1.54) is 11.0 Å². The van der Waals surface area contributed by atoms with E-state index < -0.39 is 17.7 Å². The van der Waals surface area contributed by atoms with Crippen LogP contribution < -0.4 is 5.73 Å². The third-order valence-electron chi connectivity index (χ3n) is 5.76. The predicted molar refractivity (Wildman–Crippen MR) is 104 cm³/mol. The number of fused-ring (bicyclic) bond motifs is 4. The summed E-state index contributed by atoms with van der Waals surface area (Å²) >= 11 is 0. The molecule has 0 fully saturated rings. The molecule has 1 amide bonds. The first kappa shape index (κ1) is 19.0. The number of ether oxygens (including phenoxy) is 2. The smallest absolute Gasteiger partial charge is 0.270 e. The Bertz CT molecular complexity index is 1180. The number of hydrogen-bond donors (Lipinski definition) is 2. The maximum absolute atomic E-state index is 14.6. The number of nitrogens with zero attached hydrogens (tertiary/aromatic N) is 2. The van der Waals surface area contributed by atoms with Crippen LogP contribution in [0.5, 0.6) is 0 Å². The van der Waals surface area contributed by atoms with Crippen LogP contribution in [0.1, 0.15) is 45.7 Å². The first-order valence-corrected chi connectivity index (χ1v) is 9.72. The summed E-state index contributed by atoms with van der Waals surface area (Å²) in [6.07, 6.45) is 0. The highest BCUT2D eigenvalue weighted by Crippen LogP contribution is 2.35. The summed E-state index contributed by atoms with van der Waals surface area (Å²) in [5.41, 5.74) is 10.1. The van der Waals surface area contributed by atoms with Gasteiger partial charge in [-0.3, -0.25) is 4.79 Å². The van der Waals surface area contributed by atoms with Gasteiger partial charge in [0.2, 0.25) is 0 Å². The second-order valence-electron chi connectivity index (χ2n) is 7.47.